The summed E-state index contributed by atoms with van der Waals surface area (Å²) in [4.78, 5) is 0. The molecule has 66 valence electrons. The van der Waals surface area contributed by atoms with Crippen LogP contribution in [0.1, 0.15) is 5.56 Å². The van der Waals surface area contributed by atoms with Gasteiger partial charge in [0.1, 0.15) is 6.54 Å². The Morgan fingerprint density at radius 2 is 2.25 bits per heavy atom. The topological polar surface area (TPSA) is 25.8 Å². The first kappa shape index (κ1) is 9.00. The maximum absolute atomic E-state index is 13.0. The van der Waals surface area contributed by atoms with E-state index in [0.717, 1.165) is 12.1 Å². The molecule has 1 aromatic carbocycles. The van der Waals surface area contributed by atoms with Crippen molar-refractivity contribution in [2.75, 3.05) is 14.2 Å². The van der Waals surface area contributed by atoms with Crippen LogP contribution in [0, 0.1) is 5.82 Å². The predicted molar refractivity (Wildman–Crippen MR) is 44.5 cm³/mol. The zero-order valence-corrected chi connectivity index (χ0v) is 7.30. The summed E-state index contributed by atoms with van der Waals surface area (Å²) in [7, 11) is 3.41. The molecule has 0 aliphatic carbocycles. The first-order valence-electron chi connectivity index (χ1n) is 3.88. The van der Waals surface area contributed by atoms with Gasteiger partial charge in [-0.1, -0.05) is 0 Å². The Balaban J connectivity index is 2.86. The first-order chi connectivity index (χ1) is 5.77. The van der Waals surface area contributed by atoms with Crippen LogP contribution in [-0.2, 0) is 6.54 Å². The SMILES string of the molecule is C[NH2+]Cc1ccc(OC)c(F)c1. The molecule has 3 heteroatoms. The van der Waals surface area contributed by atoms with E-state index in [0.29, 0.717) is 5.75 Å². The molecule has 0 aromatic heterocycles. The van der Waals surface area contributed by atoms with Gasteiger partial charge in [0.05, 0.1) is 14.2 Å². The number of ether oxygens (including phenoxy) is 1. The van der Waals surface area contributed by atoms with Crippen molar-refractivity contribution in [3.05, 3.63) is 29.6 Å². The average molecular weight is 170 g/mol. The van der Waals surface area contributed by atoms with Crippen molar-refractivity contribution in [3.63, 3.8) is 0 Å². The molecule has 1 aromatic rings. The summed E-state index contributed by atoms with van der Waals surface area (Å²) >= 11 is 0. The number of methoxy groups -OCH3 is 1. The Labute approximate surface area is 71.4 Å². The zero-order valence-electron chi connectivity index (χ0n) is 7.30. The minimum atomic E-state index is -0.295. The second-order valence-corrected chi connectivity index (χ2v) is 2.58. The largest absolute Gasteiger partial charge is 0.494 e. The molecule has 0 unspecified atom stereocenters. The summed E-state index contributed by atoms with van der Waals surface area (Å²) in [6.07, 6.45) is 0. The molecule has 0 saturated carbocycles. The quantitative estimate of drug-likeness (QED) is 0.703. The van der Waals surface area contributed by atoms with Gasteiger partial charge in [-0.2, -0.15) is 0 Å². The molecule has 2 nitrogen and oxygen atoms in total. The van der Waals surface area contributed by atoms with E-state index in [4.69, 9.17) is 4.74 Å². The lowest BCUT2D eigenvalue weighted by atomic mass is 10.2. The predicted octanol–water partition coefficient (Wildman–Crippen LogP) is 0.527. The van der Waals surface area contributed by atoms with Gasteiger partial charge < -0.3 is 10.1 Å². The minimum absolute atomic E-state index is 0.295. The van der Waals surface area contributed by atoms with Gasteiger partial charge in [0, 0.05) is 5.56 Å². The highest BCUT2D eigenvalue weighted by Crippen LogP contribution is 2.16. The Bertz CT molecular complexity index is 263. The Kier molecular flexibility index (Phi) is 3.05. The molecule has 0 bridgehead atoms. The molecule has 0 saturated heterocycles. The number of halogens is 1. The highest BCUT2D eigenvalue weighted by molar-refractivity contribution is 5.28. The third-order valence-electron chi connectivity index (χ3n) is 1.66. The summed E-state index contributed by atoms with van der Waals surface area (Å²) in [5.74, 6) is 0.00621. The molecule has 0 radical (unpaired) electrons. The van der Waals surface area contributed by atoms with E-state index in [1.54, 1.807) is 6.07 Å². The van der Waals surface area contributed by atoms with E-state index in [9.17, 15) is 4.39 Å². The van der Waals surface area contributed by atoms with Crippen LogP contribution in [0.15, 0.2) is 18.2 Å². The van der Waals surface area contributed by atoms with Crippen LogP contribution in [-0.4, -0.2) is 14.2 Å². The number of rotatable bonds is 3. The molecular weight excluding hydrogens is 157 g/mol. The van der Waals surface area contributed by atoms with Crippen molar-refractivity contribution in [1.29, 1.82) is 0 Å². The standard InChI is InChI=1S/C9H12FNO/c1-11-6-7-3-4-9(12-2)8(10)5-7/h3-5,11H,6H2,1-2H3/p+1. The second kappa shape index (κ2) is 4.07. The molecule has 0 aliphatic rings. The van der Waals surface area contributed by atoms with E-state index in [1.165, 1.54) is 13.2 Å². The fourth-order valence-corrected chi connectivity index (χ4v) is 1.07. The molecule has 0 fully saturated rings. The van der Waals surface area contributed by atoms with Crippen molar-refractivity contribution in [2.24, 2.45) is 0 Å². The highest BCUT2D eigenvalue weighted by Gasteiger charge is 2.02. The molecule has 0 aliphatic heterocycles. The zero-order chi connectivity index (χ0) is 8.97. The van der Waals surface area contributed by atoms with Gasteiger partial charge in [-0.15, -0.1) is 0 Å². The normalized spacial score (nSPS) is 9.92. The number of hydrogen-bond donors (Lipinski definition) is 1. The van der Waals surface area contributed by atoms with Crippen LogP contribution < -0.4 is 10.1 Å². The Hall–Kier alpha value is -1.09. The maximum Gasteiger partial charge on any atom is 0.165 e. The van der Waals surface area contributed by atoms with Gasteiger partial charge in [-0.3, -0.25) is 0 Å². The van der Waals surface area contributed by atoms with Gasteiger partial charge in [-0.05, 0) is 18.2 Å². The fourth-order valence-electron chi connectivity index (χ4n) is 1.07. The molecule has 1 rings (SSSR count). The van der Waals surface area contributed by atoms with Crippen LogP contribution in [0.2, 0.25) is 0 Å². The van der Waals surface area contributed by atoms with Gasteiger partial charge in [0.2, 0.25) is 0 Å². The molecule has 0 spiro atoms. The van der Waals surface area contributed by atoms with E-state index >= 15 is 0 Å². The van der Waals surface area contributed by atoms with E-state index in [1.807, 2.05) is 18.4 Å². The van der Waals surface area contributed by atoms with Gasteiger partial charge in [0.15, 0.2) is 11.6 Å². The summed E-state index contributed by atoms with van der Waals surface area (Å²) in [5.41, 5.74) is 0.968. The summed E-state index contributed by atoms with van der Waals surface area (Å²) in [6.45, 7) is 0.793. The van der Waals surface area contributed by atoms with E-state index in [-0.39, 0.29) is 5.82 Å². The van der Waals surface area contributed by atoms with Crippen LogP contribution in [0.3, 0.4) is 0 Å². The number of benzene rings is 1. The van der Waals surface area contributed by atoms with Crippen LogP contribution >= 0.6 is 0 Å². The Morgan fingerprint density at radius 3 is 2.75 bits per heavy atom. The average Bonchev–Trinajstić information content (AvgIpc) is 2.05. The van der Waals surface area contributed by atoms with Crippen molar-refractivity contribution in [1.82, 2.24) is 0 Å². The molecular formula is C9H13FNO+. The van der Waals surface area contributed by atoms with Crippen LogP contribution in [0.5, 0.6) is 5.75 Å². The second-order valence-electron chi connectivity index (χ2n) is 2.58. The first-order valence-corrected chi connectivity index (χ1v) is 3.88. The lowest BCUT2D eigenvalue weighted by molar-refractivity contribution is -0.643. The summed E-state index contributed by atoms with van der Waals surface area (Å²) in [5, 5.41) is 1.99. The molecule has 0 heterocycles. The summed E-state index contributed by atoms with van der Waals surface area (Å²) in [6, 6.07) is 5.01. The smallest absolute Gasteiger partial charge is 0.165 e. The summed E-state index contributed by atoms with van der Waals surface area (Å²) < 4.78 is 17.8. The third-order valence-corrected chi connectivity index (χ3v) is 1.66. The minimum Gasteiger partial charge on any atom is -0.494 e. The third kappa shape index (κ3) is 1.95. The van der Waals surface area contributed by atoms with Gasteiger partial charge in [0.25, 0.3) is 0 Å². The molecule has 0 atom stereocenters. The van der Waals surface area contributed by atoms with Gasteiger partial charge >= 0.3 is 0 Å². The van der Waals surface area contributed by atoms with Crippen LogP contribution in [0.4, 0.5) is 4.39 Å². The van der Waals surface area contributed by atoms with Gasteiger partial charge in [-0.25, -0.2) is 4.39 Å². The monoisotopic (exact) mass is 170 g/mol. The van der Waals surface area contributed by atoms with Crippen LogP contribution in [0.25, 0.3) is 0 Å². The highest BCUT2D eigenvalue weighted by atomic mass is 19.1. The van der Waals surface area contributed by atoms with Crippen molar-refractivity contribution >= 4 is 0 Å². The number of hydrogen-bond acceptors (Lipinski definition) is 1. The van der Waals surface area contributed by atoms with Crippen molar-refractivity contribution in [2.45, 2.75) is 6.54 Å². The maximum atomic E-state index is 13.0. The lowest BCUT2D eigenvalue weighted by Gasteiger charge is -2.02. The molecule has 0 amide bonds. The molecule has 2 N–H and O–H groups in total. The van der Waals surface area contributed by atoms with Crippen molar-refractivity contribution in [3.8, 4) is 5.75 Å². The number of nitrogens with two attached hydrogens (primary N) is 1. The lowest BCUT2D eigenvalue weighted by Crippen LogP contribution is -2.77. The molecule has 12 heavy (non-hydrogen) atoms. The van der Waals surface area contributed by atoms with Crippen molar-refractivity contribution < 1.29 is 14.4 Å². The number of quaternary nitrogens is 1. The Morgan fingerprint density at radius 1 is 1.50 bits per heavy atom. The van der Waals surface area contributed by atoms with E-state index < -0.39 is 0 Å². The fraction of sp³-hybridized carbons (Fsp3) is 0.333. The van der Waals surface area contributed by atoms with E-state index in [2.05, 4.69) is 0 Å².